The highest BCUT2D eigenvalue weighted by atomic mass is 32.2. The van der Waals surface area contributed by atoms with Gasteiger partial charge in [0.05, 0.1) is 5.75 Å². The first-order valence-electron chi connectivity index (χ1n) is 4.94. The molecular formula is C9H13N3O6S. The Bertz CT molecular complexity index is 519. The van der Waals surface area contributed by atoms with E-state index in [2.05, 4.69) is 9.99 Å². The van der Waals surface area contributed by atoms with Gasteiger partial charge >= 0.3 is 5.97 Å². The summed E-state index contributed by atoms with van der Waals surface area (Å²) in [4.78, 5) is 26.5. The second-order valence-electron chi connectivity index (χ2n) is 3.52. The van der Waals surface area contributed by atoms with Crippen molar-refractivity contribution in [3.8, 4) is 6.07 Å². The van der Waals surface area contributed by atoms with Crippen LogP contribution in [-0.2, 0) is 24.3 Å². The Labute approximate surface area is 109 Å². The number of oxime groups is 1. The maximum Gasteiger partial charge on any atom is 0.326 e. The van der Waals surface area contributed by atoms with E-state index in [1.807, 2.05) is 5.32 Å². The Balaban J connectivity index is 4.78. The molecule has 0 fully saturated rings. The van der Waals surface area contributed by atoms with E-state index < -0.39 is 39.2 Å². The minimum absolute atomic E-state index is 0.314. The summed E-state index contributed by atoms with van der Waals surface area (Å²) in [5, 5.41) is 22.5. The Hall–Kier alpha value is -2.15. The van der Waals surface area contributed by atoms with Crippen LogP contribution < -0.4 is 5.32 Å². The van der Waals surface area contributed by atoms with Crippen molar-refractivity contribution in [3.05, 3.63) is 0 Å². The van der Waals surface area contributed by atoms with E-state index in [9.17, 15) is 18.0 Å². The number of rotatable bonds is 7. The van der Waals surface area contributed by atoms with E-state index >= 15 is 0 Å². The van der Waals surface area contributed by atoms with Gasteiger partial charge in [-0.2, -0.15) is 5.26 Å². The van der Waals surface area contributed by atoms with Crippen LogP contribution in [0.15, 0.2) is 5.16 Å². The molecule has 2 N–H and O–H groups in total. The van der Waals surface area contributed by atoms with Crippen LogP contribution in [0.3, 0.4) is 0 Å². The summed E-state index contributed by atoms with van der Waals surface area (Å²) in [5.74, 6) is -2.87. The topological polar surface area (TPSA) is 146 Å². The molecule has 0 aromatic carbocycles. The maximum absolute atomic E-state index is 11.4. The van der Waals surface area contributed by atoms with Gasteiger partial charge in [-0.05, 0) is 6.42 Å². The van der Waals surface area contributed by atoms with Crippen LogP contribution >= 0.6 is 0 Å². The molecule has 0 aromatic heterocycles. The minimum atomic E-state index is -3.36. The van der Waals surface area contributed by atoms with Gasteiger partial charge in [0.2, 0.25) is 5.71 Å². The summed E-state index contributed by atoms with van der Waals surface area (Å²) in [6.45, 7) is 0. The number of aliphatic carboxylic acids is 1. The molecule has 0 saturated carbocycles. The van der Waals surface area contributed by atoms with Crippen LogP contribution in [-0.4, -0.2) is 56.3 Å². The smallest absolute Gasteiger partial charge is 0.326 e. The molecule has 0 heterocycles. The lowest BCUT2D eigenvalue weighted by atomic mass is 10.2. The van der Waals surface area contributed by atoms with Gasteiger partial charge in [-0.1, -0.05) is 5.16 Å². The minimum Gasteiger partial charge on any atom is -0.480 e. The van der Waals surface area contributed by atoms with Crippen molar-refractivity contribution in [2.75, 3.05) is 19.1 Å². The van der Waals surface area contributed by atoms with Crippen LogP contribution in [0.1, 0.15) is 6.42 Å². The number of hydrogen-bond donors (Lipinski definition) is 2. The van der Waals surface area contributed by atoms with Gasteiger partial charge in [-0.3, -0.25) is 4.79 Å². The van der Waals surface area contributed by atoms with Crippen molar-refractivity contribution in [3.63, 3.8) is 0 Å². The fraction of sp³-hybridized carbons (Fsp3) is 0.556. The normalized spacial score (nSPS) is 13.2. The van der Waals surface area contributed by atoms with E-state index in [0.717, 1.165) is 13.4 Å². The molecule has 0 saturated heterocycles. The van der Waals surface area contributed by atoms with Crippen LogP contribution in [0, 0.1) is 11.3 Å². The van der Waals surface area contributed by atoms with Gasteiger partial charge in [0.15, 0.2) is 0 Å². The van der Waals surface area contributed by atoms with Crippen molar-refractivity contribution in [2.24, 2.45) is 5.16 Å². The quantitative estimate of drug-likeness (QED) is 0.429. The first-order valence-corrected chi connectivity index (χ1v) is 7.00. The highest BCUT2D eigenvalue weighted by Crippen LogP contribution is 1.97. The predicted octanol–water partition coefficient (Wildman–Crippen LogP) is -1.48. The number of hydrogen-bond acceptors (Lipinski definition) is 7. The van der Waals surface area contributed by atoms with Crippen molar-refractivity contribution >= 4 is 27.4 Å². The molecule has 106 valence electrons. The Morgan fingerprint density at radius 2 is 2.11 bits per heavy atom. The lowest BCUT2D eigenvalue weighted by Gasteiger charge is -2.12. The first-order chi connectivity index (χ1) is 8.71. The summed E-state index contributed by atoms with van der Waals surface area (Å²) in [6.07, 6.45) is 0.631. The molecule has 0 spiro atoms. The SMILES string of the molecule is CO/N=C(/C#N)C(=O)NC(CCS(C)(=O)=O)C(=O)O. The number of nitrogens with one attached hydrogen (secondary N) is 1. The third-order valence-corrected chi connectivity index (χ3v) is 2.86. The third-order valence-electron chi connectivity index (χ3n) is 1.88. The molecule has 0 radical (unpaired) electrons. The first kappa shape index (κ1) is 16.9. The Kier molecular flexibility index (Phi) is 6.49. The molecule has 0 rings (SSSR count). The largest absolute Gasteiger partial charge is 0.480 e. The van der Waals surface area contributed by atoms with E-state index in [1.165, 1.54) is 6.07 Å². The zero-order chi connectivity index (χ0) is 15.1. The molecular weight excluding hydrogens is 278 g/mol. The molecule has 9 nitrogen and oxygen atoms in total. The number of nitriles is 1. The summed E-state index contributed by atoms with van der Waals surface area (Å²) in [5.41, 5.74) is -0.659. The summed E-state index contributed by atoms with van der Waals surface area (Å²) in [7, 11) is -2.25. The molecule has 19 heavy (non-hydrogen) atoms. The average Bonchev–Trinajstić information content (AvgIpc) is 2.29. The van der Waals surface area contributed by atoms with Gasteiger partial charge in [-0.15, -0.1) is 0 Å². The van der Waals surface area contributed by atoms with E-state index in [0.29, 0.717) is 0 Å². The number of carbonyl (C=O) groups is 2. The fourth-order valence-corrected chi connectivity index (χ4v) is 1.68. The molecule has 1 atom stereocenters. The van der Waals surface area contributed by atoms with Crippen LogP contribution in [0.2, 0.25) is 0 Å². The second kappa shape index (κ2) is 7.32. The number of nitrogens with zero attached hydrogens (tertiary/aromatic N) is 2. The number of sulfone groups is 1. The van der Waals surface area contributed by atoms with Gasteiger partial charge in [-0.25, -0.2) is 13.2 Å². The van der Waals surface area contributed by atoms with Gasteiger partial charge in [0.25, 0.3) is 5.91 Å². The van der Waals surface area contributed by atoms with Crippen molar-refractivity contribution in [2.45, 2.75) is 12.5 Å². The predicted molar refractivity (Wildman–Crippen MR) is 64.0 cm³/mol. The summed E-state index contributed by atoms with van der Waals surface area (Å²) >= 11 is 0. The van der Waals surface area contributed by atoms with Gasteiger partial charge in [0, 0.05) is 6.26 Å². The summed E-state index contributed by atoms with van der Waals surface area (Å²) < 4.78 is 21.9. The van der Waals surface area contributed by atoms with Crippen LogP contribution in [0.4, 0.5) is 0 Å². The monoisotopic (exact) mass is 291 g/mol. The third kappa shape index (κ3) is 6.99. The molecule has 1 unspecified atom stereocenters. The molecule has 0 aliphatic rings. The van der Waals surface area contributed by atoms with Crippen LogP contribution in [0.5, 0.6) is 0 Å². The van der Waals surface area contributed by atoms with E-state index in [-0.39, 0.29) is 6.42 Å². The highest BCUT2D eigenvalue weighted by molar-refractivity contribution is 7.90. The second-order valence-corrected chi connectivity index (χ2v) is 5.78. The lowest BCUT2D eigenvalue weighted by Crippen LogP contribution is -2.44. The molecule has 0 aliphatic carbocycles. The zero-order valence-electron chi connectivity index (χ0n) is 10.3. The van der Waals surface area contributed by atoms with Gasteiger partial charge < -0.3 is 15.3 Å². The molecule has 0 aliphatic heterocycles. The number of carbonyl (C=O) groups excluding carboxylic acids is 1. The molecule has 0 aromatic rings. The maximum atomic E-state index is 11.4. The molecule has 1 amide bonds. The van der Waals surface area contributed by atoms with Crippen molar-refractivity contribution < 1.29 is 28.0 Å². The molecule has 10 heteroatoms. The summed E-state index contributed by atoms with van der Waals surface area (Å²) in [6, 6.07) is -0.0116. The Morgan fingerprint density at radius 1 is 1.53 bits per heavy atom. The van der Waals surface area contributed by atoms with Crippen molar-refractivity contribution in [1.29, 1.82) is 5.26 Å². The average molecular weight is 291 g/mol. The number of carboxylic acids is 1. The Morgan fingerprint density at radius 3 is 2.47 bits per heavy atom. The number of amides is 1. The van der Waals surface area contributed by atoms with E-state index in [4.69, 9.17) is 10.4 Å². The van der Waals surface area contributed by atoms with Crippen LogP contribution in [0.25, 0.3) is 0 Å². The van der Waals surface area contributed by atoms with Gasteiger partial charge in [0.1, 0.15) is 29.1 Å². The number of carboxylic acid groups (broad SMARTS) is 1. The van der Waals surface area contributed by atoms with Crippen molar-refractivity contribution in [1.82, 2.24) is 5.32 Å². The standard InChI is InChI=1S/C9H13N3O6S/c1-18-12-7(5-10)8(13)11-6(9(14)15)3-4-19(2,16)17/h6H,3-4H2,1-2H3,(H,11,13)(H,14,15)/b12-7-. The highest BCUT2D eigenvalue weighted by Gasteiger charge is 2.24. The fourth-order valence-electron chi connectivity index (χ4n) is 1.02. The van der Waals surface area contributed by atoms with E-state index in [1.54, 1.807) is 0 Å². The lowest BCUT2D eigenvalue weighted by molar-refractivity contribution is -0.141. The molecule has 0 bridgehead atoms. The zero-order valence-corrected chi connectivity index (χ0v) is 11.1.